The minimum Gasteiger partial charge on any atom is -0.352 e. The van der Waals surface area contributed by atoms with Gasteiger partial charge in [-0.05, 0) is 6.92 Å². The van der Waals surface area contributed by atoms with Gasteiger partial charge in [0.15, 0.2) is 0 Å². The van der Waals surface area contributed by atoms with Crippen LogP contribution in [0.1, 0.15) is 32.0 Å². The van der Waals surface area contributed by atoms with Crippen LogP contribution in [0, 0.1) is 6.92 Å². The summed E-state index contributed by atoms with van der Waals surface area (Å²) in [5, 5.41) is 3.07. The third kappa shape index (κ3) is 2.98. The van der Waals surface area contributed by atoms with E-state index in [1.54, 1.807) is 6.33 Å². The molecule has 6 heteroatoms. The fraction of sp³-hybridized carbons (Fsp3) is 0.417. The second kappa shape index (κ2) is 6.35. The molecule has 0 radical (unpaired) electrons. The lowest BCUT2D eigenvalue weighted by Crippen LogP contribution is -2.19. The molecule has 2 aromatic heterocycles. The van der Waals surface area contributed by atoms with Crippen LogP contribution in [0.25, 0.3) is 11.0 Å². The Morgan fingerprint density at radius 2 is 2.17 bits per heavy atom. The molecule has 0 unspecified atom stereocenters. The molecule has 2 rings (SSSR count). The minimum absolute atomic E-state index is 0.111. The molecule has 0 aliphatic rings. The molecule has 2 aromatic rings. The van der Waals surface area contributed by atoms with Gasteiger partial charge in [0.25, 0.3) is 0 Å². The average molecular weight is 269 g/mol. The molecule has 0 spiro atoms. The second-order valence-electron chi connectivity index (χ2n) is 3.50. The van der Waals surface area contributed by atoms with Crippen molar-refractivity contribution in [1.82, 2.24) is 20.3 Å². The Morgan fingerprint density at radius 1 is 1.50 bits per heavy atom. The Labute approximate surface area is 111 Å². The maximum Gasteiger partial charge on any atom is 0.217 e. The van der Waals surface area contributed by atoms with Gasteiger partial charge in [-0.3, -0.25) is 4.79 Å². The molecule has 0 fully saturated rings. The van der Waals surface area contributed by atoms with Gasteiger partial charge in [0.1, 0.15) is 5.15 Å². The lowest BCUT2D eigenvalue weighted by molar-refractivity contribution is -0.119. The highest BCUT2D eigenvalue weighted by molar-refractivity contribution is 6.31. The summed E-state index contributed by atoms with van der Waals surface area (Å²) in [5.41, 5.74) is 3.14. The van der Waals surface area contributed by atoms with Crippen LogP contribution in [-0.4, -0.2) is 20.9 Å². The summed E-state index contributed by atoms with van der Waals surface area (Å²) in [4.78, 5) is 22.2. The highest BCUT2D eigenvalue weighted by Gasteiger charge is 2.12. The van der Waals surface area contributed by atoms with Gasteiger partial charge < -0.3 is 10.3 Å². The number of aromatic nitrogens is 3. The zero-order valence-corrected chi connectivity index (χ0v) is 11.7. The Morgan fingerprint density at radius 3 is 2.78 bits per heavy atom. The van der Waals surface area contributed by atoms with Crippen LogP contribution in [0.4, 0.5) is 0 Å². The van der Waals surface area contributed by atoms with Gasteiger partial charge in [-0.15, -0.1) is 0 Å². The number of H-pyrrole nitrogens is 1. The first-order chi connectivity index (χ1) is 8.59. The Kier molecular flexibility index (Phi) is 5.09. The van der Waals surface area contributed by atoms with E-state index in [2.05, 4.69) is 20.3 Å². The predicted octanol–water partition coefficient (Wildman–Crippen LogP) is 2.58. The molecule has 0 saturated heterocycles. The van der Waals surface area contributed by atoms with Crippen molar-refractivity contribution in [2.45, 2.75) is 34.2 Å². The van der Waals surface area contributed by atoms with E-state index in [0.717, 1.165) is 22.3 Å². The first-order valence-corrected chi connectivity index (χ1v) is 6.20. The Hall–Kier alpha value is -1.62. The number of pyridine rings is 1. The molecule has 0 aliphatic carbocycles. The molecular formula is C12H17ClN4O. The smallest absolute Gasteiger partial charge is 0.217 e. The number of amides is 1. The van der Waals surface area contributed by atoms with Gasteiger partial charge in [-0.25, -0.2) is 9.97 Å². The molecule has 98 valence electrons. The van der Waals surface area contributed by atoms with Crippen molar-refractivity contribution < 1.29 is 4.79 Å². The Bertz CT molecular complexity index is 550. The standard InChI is InChI=1S/C10H11ClN4O.C2H6/c1-5-8-9(14-4-13-8)7(10(11)15-5)3-12-6(2)16;1-2/h4H,3H2,1-2H3,(H,12,16)(H,13,14);1-2H3. The molecule has 2 N–H and O–H groups in total. The fourth-order valence-corrected chi connectivity index (χ4v) is 1.82. The monoisotopic (exact) mass is 268 g/mol. The third-order valence-electron chi connectivity index (χ3n) is 2.32. The summed E-state index contributed by atoms with van der Waals surface area (Å²) < 4.78 is 0. The van der Waals surface area contributed by atoms with Gasteiger partial charge in [0, 0.05) is 19.0 Å². The molecule has 2 heterocycles. The van der Waals surface area contributed by atoms with Crippen molar-refractivity contribution in [3.8, 4) is 0 Å². The summed E-state index contributed by atoms with van der Waals surface area (Å²) in [6, 6.07) is 0. The number of rotatable bonds is 2. The summed E-state index contributed by atoms with van der Waals surface area (Å²) in [6.07, 6.45) is 1.59. The highest BCUT2D eigenvalue weighted by atomic mass is 35.5. The number of carbonyl (C=O) groups is 1. The average Bonchev–Trinajstić information content (AvgIpc) is 2.80. The van der Waals surface area contributed by atoms with Gasteiger partial charge in [0.05, 0.1) is 23.1 Å². The maximum atomic E-state index is 10.9. The third-order valence-corrected chi connectivity index (χ3v) is 2.63. The largest absolute Gasteiger partial charge is 0.352 e. The lowest BCUT2D eigenvalue weighted by atomic mass is 10.2. The predicted molar refractivity (Wildman–Crippen MR) is 72.5 cm³/mol. The molecular weight excluding hydrogens is 252 g/mol. The van der Waals surface area contributed by atoms with Crippen LogP contribution in [0.2, 0.25) is 5.15 Å². The van der Waals surface area contributed by atoms with Crippen molar-refractivity contribution >= 4 is 28.5 Å². The first-order valence-electron chi connectivity index (χ1n) is 5.82. The Balaban J connectivity index is 0.000000771. The normalized spacial score (nSPS) is 9.83. The minimum atomic E-state index is -0.111. The number of aryl methyl sites for hydroxylation is 1. The molecule has 0 aliphatic heterocycles. The van der Waals surface area contributed by atoms with Crippen molar-refractivity contribution in [3.05, 3.63) is 22.7 Å². The molecule has 18 heavy (non-hydrogen) atoms. The number of fused-ring (bicyclic) bond motifs is 1. The number of halogens is 1. The molecule has 1 amide bonds. The van der Waals surface area contributed by atoms with Crippen molar-refractivity contribution in [1.29, 1.82) is 0 Å². The summed E-state index contributed by atoms with van der Waals surface area (Å²) in [7, 11) is 0. The molecule has 0 bridgehead atoms. The molecule has 0 aromatic carbocycles. The SMILES string of the molecule is CC.CC(=O)NCc1c(Cl)nc(C)c2[nH]cnc12. The topological polar surface area (TPSA) is 70.7 Å². The van der Waals surface area contributed by atoms with E-state index in [4.69, 9.17) is 11.6 Å². The number of aromatic amines is 1. The maximum absolute atomic E-state index is 10.9. The van der Waals surface area contributed by atoms with Gasteiger partial charge >= 0.3 is 0 Å². The van der Waals surface area contributed by atoms with E-state index in [9.17, 15) is 4.79 Å². The number of hydrogen-bond acceptors (Lipinski definition) is 3. The fourth-order valence-electron chi connectivity index (χ4n) is 1.54. The van der Waals surface area contributed by atoms with E-state index in [0.29, 0.717) is 11.7 Å². The van der Waals surface area contributed by atoms with E-state index >= 15 is 0 Å². The zero-order valence-electron chi connectivity index (χ0n) is 11.0. The summed E-state index contributed by atoms with van der Waals surface area (Å²) in [6.45, 7) is 7.65. The van der Waals surface area contributed by atoms with Crippen molar-refractivity contribution in [3.63, 3.8) is 0 Å². The molecule has 5 nitrogen and oxygen atoms in total. The van der Waals surface area contributed by atoms with Gasteiger partial charge in [-0.2, -0.15) is 0 Å². The number of nitrogens with one attached hydrogen (secondary N) is 2. The quantitative estimate of drug-likeness (QED) is 0.823. The van der Waals surface area contributed by atoms with Crippen molar-refractivity contribution in [2.75, 3.05) is 0 Å². The van der Waals surface area contributed by atoms with Crippen LogP contribution in [-0.2, 0) is 11.3 Å². The number of carbonyl (C=O) groups excluding carboxylic acids is 1. The van der Waals surface area contributed by atoms with Crippen LogP contribution < -0.4 is 5.32 Å². The molecule has 0 atom stereocenters. The number of hydrogen-bond donors (Lipinski definition) is 2. The van der Waals surface area contributed by atoms with Crippen LogP contribution >= 0.6 is 11.6 Å². The van der Waals surface area contributed by atoms with E-state index in [1.165, 1.54) is 6.92 Å². The van der Waals surface area contributed by atoms with E-state index in [-0.39, 0.29) is 5.91 Å². The second-order valence-corrected chi connectivity index (χ2v) is 3.86. The van der Waals surface area contributed by atoms with Gasteiger partial charge in [-0.1, -0.05) is 25.4 Å². The number of imidazole rings is 1. The lowest BCUT2D eigenvalue weighted by Gasteiger charge is -2.06. The van der Waals surface area contributed by atoms with Crippen LogP contribution in [0.5, 0.6) is 0 Å². The van der Waals surface area contributed by atoms with E-state index in [1.807, 2.05) is 20.8 Å². The summed E-state index contributed by atoms with van der Waals surface area (Å²) in [5.74, 6) is -0.111. The zero-order chi connectivity index (χ0) is 13.7. The van der Waals surface area contributed by atoms with Crippen LogP contribution in [0.15, 0.2) is 6.33 Å². The van der Waals surface area contributed by atoms with E-state index < -0.39 is 0 Å². The van der Waals surface area contributed by atoms with Crippen molar-refractivity contribution in [2.24, 2.45) is 0 Å². The summed E-state index contributed by atoms with van der Waals surface area (Å²) >= 11 is 6.03. The number of nitrogens with zero attached hydrogens (tertiary/aromatic N) is 2. The van der Waals surface area contributed by atoms with Gasteiger partial charge in [0.2, 0.25) is 5.91 Å². The first kappa shape index (κ1) is 14.4. The molecule has 0 saturated carbocycles. The van der Waals surface area contributed by atoms with Crippen LogP contribution in [0.3, 0.4) is 0 Å². The highest BCUT2D eigenvalue weighted by Crippen LogP contribution is 2.23.